The molecule has 0 saturated carbocycles. The number of likely N-dealkylation sites (N-methyl/N-ethyl adjacent to an activating group) is 2. The van der Waals surface area contributed by atoms with E-state index in [9.17, 15) is 0 Å². The molecule has 1 aromatic heterocycles. The summed E-state index contributed by atoms with van der Waals surface area (Å²) < 4.78 is 2.10. The minimum Gasteiger partial charge on any atom is -0.337 e. The van der Waals surface area contributed by atoms with Crippen molar-refractivity contribution in [2.75, 3.05) is 21.1 Å². The van der Waals surface area contributed by atoms with Gasteiger partial charge in [-0.1, -0.05) is 13.8 Å². The third-order valence-corrected chi connectivity index (χ3v) is 4.06. The maximum absolute atomic E-state index is 4.50. The third kappa shape index (κ3) is 2.38. The van der Waals surface area contributed by atoms with Gasteiger partial charge in [0.2, 0.25) is 0 Å². The smallest absolute Gasteiger partial charge is 0.127 e. The Kier molecular flexibility index (Phi) is 4.71. The zero-order chi connectivity index (χ0) is 13.1. The van der Waals surface area contributed by atoms with Gasteiger partial charge in [-0.2, -0.15) is 0 Å². The van der Waals surface area contributed by atoms with Crippen molar-refractivity contribution in [2.24, 2.45) is 7.05 Å². The summed E-state index contributed by atoms with van der Waals surface area (Å²) in [7, 11) is 8.38. The van der Waals surface area contributed by atoms with E-state index in [4.69, 9.17) is 0 Å². The van der Waals surface area contributed by atoms with Gasteiger partial charge < -0.3 is 14.8 Å². The van der Waals surface area contributed by atoms with Crippen molar-refractivity contribution in [1.82, 2.24) is 19.8 Å². The van der Waals surface area contributed by atoms with Crippen molar-refractivity contribution in [2.45, 2.75) is 38.3 Å². The molecule has 0 amide bonds. The van der Waals surface area contributed by atoms with Crippen LogP contribution >= 0.6 is 0 Å². The Labute approximate surface area is 105 Å². The molecule has 0 fully saturated rings. The normalized spacial score (nSPS) is 14.3. The van der Waals surface area contributed by atoms with Crippen LogP contribution in [0.4, 0.5) is 0 Å². The van der Waals surface area contributed by atoms with Gasteiger partial charge in [-0.3, -0.25) is 0 Å². The molecule has 0 radical (unpaired) electrons. The van der Waals surface area contributed by atoms with Gasteiger partial charge in [0, 0.05) is 25.0 Å². The van der Waals surface area contributed by atoms with Crippen molar-refractivity contribution in [3.63, 3.8) is 0 Å². The van der Waals surface area contributed by atoms with E-state index in [1.54, 1.807) is 0 Å². The van der Waals surface area contributed by atoms with Crippen LogP contribution in [0.25, 0.3) is 0 Å². The zero-order valence-corrected chi connectivity index (χ0v) is 12.0. The van der Waals surface area contributed by atoms with E-state index < -0.39 is 0 Å². The Morgan fingerprint density at radius 1 is 1.41 bits per heavy atom. The first-order chi connectivity index (χ1) is 8.03. The van der Waals surface area contributed by atoms with Crippen LogP contribution in [0.2, 0.25) is 0 Å². The third-order valence-electron chi connectivity index (χ3n) is 4.06. The van der Waals surface area contributed by atoms with Crippen LogP contribution in [0.15, 0.2) is 12.4 Å². The molecule has 1 aromatic rings. The second kappa shape index (κ2) is 5.65. The summed E-state index contributed by atoms with van der Waals surface area (Å²) in [5.74, 6) is 1.10. The second-order valence-electron chi connectivity index (χ2n) is 4.82. The quantitative estimate of drug-likeness (QED) is 0.820. The molecule has 0 bridgehead atoms. The molecule has 0 aromatic carbocycles. The number of aryl methyl sites for hydroxylation is 1. The number of nitrogens with one attached hydrogen (secondary N) is 1. The van der Waals surface area contributed by atoms with Crippen LogP contribution < -0.4 is 5.32 Å². The molecule has 98 valence electrons. The van der Waals surface area contributed by atoms with Crippen LogP contribution in [-0.2, 0) is 7.05 Å². The van der Waals surface area contributed by atoms with E-state index >= 15 is 0 Å². The molecule has 0 aliphatic carbocycles. The summed E-state index contributed by atoms with van der Waals surface area (Å²) >= 11 is 0. The Bertz CT molecular complexity index is 339. The molecular weight excluding hydrogens is 212 g/mol. The van der Waals surface area contributed by atoms with Gasteiger partial charge in [-0.25, -0.2) is 4.98 Å². The SMILES string of the molecule is CCC(CC)(C(NC)c1nccn1C)N(C)C. The van der Waals surface area contributed by atoms with Crippen molar-refractivity contribution in [3.8, 4) is 0 Å². The number of hydrogen-bond acceptors (Lipinski definition) is 3. The van der Waals surface area contributed by atoms with E-state index in [1.807, 2.05) is 19.4 Å². The standard InChI is InChI=1S/C13H26N4/c1-7-13(8-2,16(4)5)11(14-3)12-15-9-10-17(12)6/h9-11,14H,7-8H2,1-6H3. The first-order valence-corrected chi connectivity index (χ1v) is 6.35. The predicted octanol–water partition coefficient (Wildman–Crippen LogP) is 1.80. The number of aromatic nitrogens is 2. The molecule has 1 rings (SSSR count). The first kappa shape index (κ1) is 14.2. The predicted molar refractivity (Wildman–Crippen MR) is 72.0 cm³/mol. The molecule has 0 saturated heterocycles. The lowest BCUT2D eigenvalue weighted by atomic mass is 9.82. The van der Waals surface area contributed by atoms with Gasteiger partial charge in [0.25, 0.3) is 0 Å². The minimum absolute atomic E-state index is 0.105. The van der Waals surface area contributed by atoms with Crippen LogP contribution in [0.5, 0.6) is 0 Å². The molecule has 1 heterocycles. The average molecular weight is 238 g/mol. The molecule has 1 atom stereocenters. The summed E-state index contributed by atoms with van der Waals surface area (Å²) in [6, 6.07) is 0.243. The number of rotatable bonds is 6. The fourth-order valence-electron chi connectivity index (χ4n) is 2.84. The lowest BCUT2D eigenvalue weighted by molar-refractivity contribution is 0.0867. The largest absolute Gasteiger partial charge is 0.337 e. The van der Waals surface area contributed by atoms with Crippen LogP contribution in [0, 0.1) is 0 Å². The van der Waals surface area contributed by atoms with E-state index in [-0.39, 0.29) is 11.6 Å². The topological polar surface area (TPSA) is 33.1 Å². The van der Waals surface area contributed by atoms with Crippen molar-refractivity contribution < 1.29 is 0 Å². The van der Waals surface area contributed by atoms with Gasteiger partial charge in [0.1, 0.15) is 5.82 Å². The Morgan fingerprint density at radius 2 is 2.00 bits per heavy atom. The first-order valence-electron chi connectivity index (χ1n) is 6.35. The van der Waals surface area contributed by atoms with Gasteiger partial charge in [0.15, 0.2) is 0 Å². The Hall–Kier alpha value is -0.870. The van der Waals surface area contributed by atoms with Crippen LogP contribution in [0.1, 0.15) is 38.6 Å². The van der Waals surface area contributed by atoms with Crippen LogP contribution in [-0.4, -0.2) is 41.1 Å². The molecule has 4 heteroatoms. The summed E-state index contributed by atoms with van der Waals surface area (Å²) in [6.45, 7) is 4.49. The van der Waals surface area contributed by atoms with Gasteiger partial charge in [-0.05, 0) is 34.0 Å². The fraction of sp³-hybridized carbons (Fsp3) is 0.769. The summed E-state index contributed by atoms with van der Waals surface area (Å²) in [5, 5.41) is 3.44. The number of imidazole rings is 1. The highest BCUT2D eigenvalue weighted by Gasteiger charge is 2.39. The van der Waals surface area contributed by atoms with E-state index in [1.165, 1.54) is 0 Å². The zero-order valence-electron chi connectivity index (χ0n) is 12.0. The molecule has 17 heavy (non-hydrogen) atoms. The van der Waals surface area contributed by atoms with E-state index in [0.717, 1.165) is 18.7 Å². The van der Waals surface area contributed by atoms with E-state index in [2.05, 4.69) is 54.8 Å². The van der Waals surface area contributed by atoms with Gasteiger partial charge in [-0.15, -0.1) is 0 Å². The molecule has 1 N–H and O–H groups in total. The molecule has 0 aliphatic heterocycles. The Balaban J connectivity index is 3.19. The van der Waals surface area contributed by atoms with Crippen LogP contribution in [0.3, 0.4) is 0 Å². The Morgan fingerprint density at radius 3 is 2.29 bits per heavy atom. The monoisotopic (exact) mass is 238 g/mol. The maximum Gasteiger partial charge on any atom is 0.127 e. The van der Waals surface area contributed by atoms with E-state index in [0.29, 0.717) is 0 Å². The lowest BCUT2D eigenvalue weighted by Crippen LogP contribution is -2.53. The number of hydrogen-bond donors (Lipinski definition) is 1. The van der Waals surface area contributed by atoms with Crippen molar-refractivity contribution >= 4 is 0 Å². The molecule has 0 aliphatic rings. The molecule has 1 unspecified atom stereocenters. The fourth-order valence-corrected chi connectivity index (χ4v) is 2.84. The van der Waals surface area contributed by atoms with Gasteiger partial charge >= 0.3 is 0 Å². The highest BCUT2D eigenvalue weighted by Crippen LogP contribution is 2.34. The highest BCUT2D eigenvalue weighted by molar-refractivity contribution is 5.09. The summed E-state index contributed by atoms with van der Waals surface area (Å²) in [6.07, 6.45) is 6.06. The molecular formula is C13H26N4. The summed E-state index contributed by atoms with van der Waals surface area (Å²) in [4.78, 5) is 6.83. The second-order valence-corrected chi connectivity index (χ2v) is 4.82. The molecule has 4 nitrogen and oxygen atoms in total. The van der Waals surface area contributed by atoms with Crippen molar-refractivity contribution in [1.29, 1.82) is 0 Å². The maximum atomic E-state index is 4.50. The average Bonchev–Trinajstić information content (AvgIpc) is 2.72. The van der Waals surface area contributed by atoms with Crippen molar-refractivity contribution in [3.05, 3.63) is 18.2 Å². The summed E-state index contributed by atoms with van der Waals surface area (Å²) in [5.41, 5.74) is 0.105. The number of nitrogens with zero attached hydrogens (tertiary/aromatic N) is 3. The highest BCUT2D eigenvalue weighted by atomic mass is 15.2. The molecule has 0 spiro atoms. The minimum atomic E-state index is 0.105. The lowest BCUT2D eigenvalue weighted by Gasteiger charge is -2.44. The van der Waals surface area contributed by atoms with Gasteiger partial charge in [0.05, 0.1) is 6.04 Å².